The van der Waals surface area contributed by atoms with Gasteiger partial charge in [-0.15, -0.1) is 0 Å². The Morgan fingerprint density at radius 3 is 2.40 bits per heavy atom. The zero-order chi connectivity index (χ0) is 24.4. The molecule has 4 aromatic carbocycles. The van der Waals surface area contributed by atoms with Crippen molar-refractivity contribution in [1.29, 1.82) is 0 Å². The molecule has 0 radical (unpaired) electrons. The molecule has 3 N–H and O–H groups in total. The van der Waals surface area contributed by atoms with Crippen molar-refractivity contribution in [3.8, 4) is 11.4 Å². The largest absolute Gasteiger partial charge is 0.338 e. The lowest BCUT2D eigenvalue weighted by Crippen LogP contribution is -2.18. The molecule has 1 amide bonds. The maximum absolute atomic E-state index is 13.2. The number of hydrogen-bond acceptors (Lipinski definition) is 4. The molecule has 0 unspecified atom stereocenters. The van der Waals surface area contributed by atoms with Gasteiger partial charge in [0.15, 0.2) is 0 Å². The Kier molecular flexibility index (Phi) is 5.76. The van der Waals surface area contributed by atoms with Crippen LogP contribution in [0, 0.1) is 5.82 Å². The number of halogens is 1. The summed E-state index contributed by atoms with van der Waals surface area (Å²) in [5.41, 5.74) is 3.27. The number of aromatic amines is 1. The SMILES string of the molecule is O=C(Nc1cccc(-c2nc3ccccc3[nH]2)c1)c1ccccc1NS(=O)(=O)c1ccc(F)cc1. The highest BCUT2D eigenvalue weighted by molar-refractivity contribution is 7.92. The molecule has 1 heterocycles. The van der Waals surface area contributed by atoms with E-state index in [1.54, 1.807) is 30.3 Å². The van der Waals surface area contributed by atoms with E-state index in [2.05, 4.69) is 20.0 Å². The summed E-state index contributed by atoms with van der Waals surface area (Å²) >= 11 is 0. The third-order valence-electron chi connectivity index (χ3n) is 5.32. The Bertz CT molecular complexity index is 1610. The van der Waals surface area contributed by atoms with Gasteiger partial charge in [0, 0.05) is 11.3 Å². The number of carbonyl (C=O) groups is 1. The van der Waals surface area contributed by atoms with Crippen LogP contribution in [0.5, 0.6) is 0 Å². The summed E-state index contributed by atoms with van der Waals surface area (Å²) in [6.07, 6.45) is 0. The third-order valence-corrected chi connectivity index (χ3v) is 6.70. The van der Waals surface area contributed by atoms with Gasteiger partial charge in [-0.2, -0.15) is 0 Å². The first-order valence-electron chi connectivity index (χ1n) is 10.6. The van der Waals surface area contributed by atoms with Crippen LogP contribution >= 0.6 is 0 Å². The van der Waals surface area contributed by atoms with Gasteiger partial charge >= 0.3 is 0 Å². The van der Waals surface area contributed by atoms with Gasteiger partial charge in [0.05, 0.1) is 27.2 Å². The molecule has 7 nitrogen and oxygen atoms in total. The maximum Gasteiger partial charge on any atom is 0.261 e. The van der Waals surface area contributed by atoms with E-state index >= 15 is 0 Å². The normalized spacial score (nSPS) is 11.3. The number of aromatic nitrogens is 2. The molecule has 1 aromatic heterocycles. The second kappa shape index (κ2) is 9.03. The lowest BCUT2D eigenvalue weighted by molar-refractivity contribution is 0.102. The first-order valence-corrected chi connectivity index (χ1v) is 12.1. The van der Waals surface area contributed by atoms with Crippen molar-refractivity contribution >= 4 is 38.3 Å². The molecule has 0 fully saturated rings. The molecule has 35 heavy (non-hydrogen) atoms. The van der Waals surface area contributed by atoms with Gasteiger partial charge in [0.25, 0.3) is 15.9 Å². The Balaban J connectivity index is 1.39. The predicted octanol–water partition coefficient (Wildman–Crippen LogP) is 5.42. The summed E-state index contributed by atoms with van der Waals surface area (Å²) in [5.74, 6) is -0.382. The van der Waals surface area contributed by atoms with E-state index in [1.807, 2.05) is 30.3 Å². The molecular formula is C26H19FN4O3S. The molecule has 9 heteroatoms. The molecule has 0 spiro atoms. The standard InChI is InChI=1S/C26H19FN4O3S/c27-18-12-14-20(15-13-18)35(33,34)31-22-9-2-1-8-21(22)26(32)28-19-7-5-6-17(16-19)25-29-23-10-3-4-11-24(23)30-25/h1-16,31H,(H,28,32)(H,29,30). The highest BCUT2D eigenvalue weighted by atomic mass is 32.2. The van der Waals surface area contributed by atoms with Gasteiger partial charge in [-0.05, 0) is 60.7 Å². The van der Waals surface area contributed by atoms with Crippen molar-refractivity contribution in [1.82, 2.24) is 9.97 Å². The molecule has 0 aliphatic carbocycles. The van der Waals surface area contributed by atoms with Crippen molar-refractivity contribution in [2.75, 3.05) is 10.0 Å². The number of nitrogens with one attached hydrogen (secondary N) is 3. The number of sulfonamides is 1. The van der Waals surface area contributed by atoms with Gasteiger partial charge in [0.1, 0.15) is 11.6 Å². The molecule has 0 aliphatic rings. The maximum atomic E-state index is 13.2. The van der Waals surface area contributed by atoms with Crippen molar-refractivity contribution in [2.24, 2.45) is 0 Å². The zero-order valence-electron chi connectivity index (χ0n) is 18.2. The summed E-state index contributed by atoms with van der Waals surface area (Å²) in [5, 5.41) is 2.81. The first-order chi connectivity index (χ1) is 16.9. The number of anilines is 2. The summed E-state index contributed by atoms with van der Waals surface area (Å²) in [6, 6.07) is 25.5. The number of hydrogen-bond donors (Lipinski definition) is 3. The van der Waals surface area contributed by atoms with E-state index in [9.17, 15) is 17.6 Å². The number of para-hydroxylation sites is 3. The molecular weight excluding hydrogens is 467 g/mol. The van der Waals surface area contributed by atoms with E-state index in [0.29, 0.717) is 11.5 Å². The monoisotopic (exact) mass is 486 g/mol. The highest BCUT2D eigenvalue weighted by Gasteiger charge is 2.19. The van der Waals surface area contributed by atoms with E-state index in [-0.39, 0.29) is 16.1 Å². The minimum atomic E-state index is -4.02. The molecule has 0 saturated heterocycles. The van der Waals surface area contributed by atoms with Crippen molar-refractivity contribution in [3.05, 3.63) is 108 Å². The topological polar surface area (TPSA) is 104 Å². The van der Waals surface area contributed by atoms with Crippen molar-refractivity contribution < 1.29 is 17.6 Å². The van der Waals surface area contributed by atoms with E-state index in [4.69, 9.17) is 0 Å². The Labute approximate surface area is 200 Å². The van der Waals surface area contributed by atoms with Crippen LogP contribution in [0.3, 0.4) is 0 Å². The van der Waals surface area contributed by atoms with Gasteiger partial charge in [0.2, 0.25) is 0 Å². The van der Waals surface area contributed by atoms with Crippen LogP contribution in [-0.2, 0) is 10.0 Å². The minimum absolute atomic E-state index is 0.0998. The Morgan fingerprint density at radius 1 is 0.857 bits per heavy atom. The quantitative estimate of drug-likeness (QED) is 0.298. The van der Waals surface area contributed by atoms with Crippen LogP contribution in [0.15, 0.2) is 102 Å². The van der Waals surface area contributed by atoms with Gasteiger partial charge in [-0.1, -0.05) is 36.4 Å². The van der Waals surface area contributed by atoms with Crippen molar-refractivity contribution in [2.45, 2.75) is 4.90 Å². The number of rotatable bonds is 6. The second-order valence-corrected chi connectivity index (χ2v) is 9.42. The highest BCUT2D eigenvalue weighted by Crippen LogP contribution is 2.25. The molecule has 0 bridgehead atoms. The van der Waals surface area contributed by atoms with Gasteiger partial charge in [-0.25, -0.2) is 17.8 Å². The van der Waals surface area contributed by atoms with Gasteiger partial charge in [-0.3, -0.25) is 9.52 Å². The van der Waals surface area contributed by atoms with Crippen LogP contribution in [0.4, 0.5) is 15.8 Å². The fraction of sp³-hybridized carbons (Fsp3) is 0. The first kappa shape index (κ1) is 22.3. The summed E-state index contributed by atoms with van der Waals surface area (Å²) in [7, 11) is -4.02. The Morgan fingerprint density at radius 2 is 1.60 bits per heavy atom. The van der Waals surface area contributed by atoms with E-state index in [0.717, 1.165) is 40.9 Å². The average Bonchev–Trinajstić information content (AvgIpc) is 3.29. The number of imidazole rings is 1. The lowest BCUT2D eigenvalue weighted by Gasteiger charge is -2.13. The fourth-order valence-corrected chi connectivity index (χ4v) is 4.70. The van der Waals surface area contributed by atoms with Crippen LogP contribution < -0.4 is 10.0 Å². The van der Waals surface area contributed by atoms with Crippen LogP contribution in [0.25, 0.3) is 22.4 Å². The van der Waals surface area contributed by atoms with Crippen molar-refractivity contribution in [3.63, 3.8) is 0 Å². The molecule has 5 rings (SSSR count). The van der Waals surface area contributed by atoms with Crippen LogP contribution in [-0.4, -0.2) is 24.3 Å². The predicted molar refractivity (Wildman–Crippen MR) is 133 cm³/mol. The number of nitrogens with zero attached hydrogens (tertiary/aromatic N) is 1. The summed E-state index contributed by atoms with van der Waals surface area (Å²) in [4.78, 5) is 20.8. The number of amides is 1. The third kappa shape index (κ3) is 4.75. The van der Waals surface area contributed by atoms with Crippen LogP contribution in [0.1, 0.15) is 10.4 Å². The van der Waals surface area contributed by atoms with Gasteiger partial charge < -0.3 is 10.3 Å². The van der Waals surface area contributed by atoms with Crippen LogP contribution in [0.2, 0.25) is 0 Å². The zero-order valence-corrected chi connectivity index (χ0v) is 19.0. The molecule has 0 atom stereocenters. The smallest absolute Gasteiger partial charge is 0.261 e. The second-order valence-electron chi connectivity index (χ2n) is 7.74. The molecule has 0 aliphatic heterocycles. The number of carbonyl (C=O) groups excluding carboxylic acids is 1. The Hall–Kier alpha value is -4.50. The molecule has 0 saturated carbocycles. The minimum Gasteiger partial charge on any atom is -0.338 e. The summed E-state index contributed by atoms with van der Waals surface area (Å²) in [6.45, 7) is 0. The fourth-order valence-electron chi connectivity index (χ4n) is 3.62. The summed E-state index contributed by atoms with van der Waals surface area (Å²) < 4.78 is 41.1. The number of benzene rings is 4. The molecule has 5 aromatic rings. The van der Waals surface area contributed by atoms with E-state index < -0.39 is 21.7 Å². The molecule has 174 valence electrons. The van der Waals surface area contributed by atoms with E-state index in [1.165, 1.54) is 12.1 Å². The lowest BCUT2D eigenvalue weighted by atomic mass is 10.1. The number of H-pyrrole nitrogens is 1. The average molecular weight is 487 g/mol. The number of fused-ring (bicyclic) bond motifs is 1.